The minimum Gasteiger partial charge on any atom is -0.241 e. The molecular weight excluding hydrogens is 294 g/mol. The lowest BCUT2D eigenvalue weighted by molar-refractivity contribution is 0.709. The lowest BCUT2D eigenvalue weighted by atomic mass is 10.2. The summed E-state index contributed by atoms with van der Waals surface area (Å²) >= 11 is 5.40. The summed E-state index contributed by atoms with van der Waals surface area (Å²) in [4.78, 5) is 6.33. The Kier molecular flexibility index (Phi) is 3.30. The molecule has 1 aliphatic carbocycles. The number of fused-ring (bicyclic) bond motifs is 1. The highest BCUT2D eigenvalue weighted by Gasteiger charge is 2.14. The number of rotatable bonds is 1. The Morgan fingerprint density at radius 2 is 2.00 bits per heavy atom. The predicted octanol–water partition coefficient (Wildman–Crippen LogP) is 4.84. The van der Waals surface area contributed by atoms with E-state index in [4.69, 9.17) is 4.98 Å². The molecule has 88 valence electrons. The molecule has 1 nitrogen and oxygen atoms in total. The van der Waals surface area contributed by atoms with Crippen molar-refractivity contribution in [2.75, 3.05) is 0 Å². The molecule has 3 rings (SSSR count). The molecule has 2 aromatic rings. The minimum absolute atomic E-state index is 1.13. The van der Waals surface area contributed by atoms with Crippen LogP contribution in [0.25, 0.3) is 10.6 Å². The van der Waals surface area contributed by atoms with Gasteiger partial charge in [0.25, 0.3) is 0 Å². The Morgan fingerprint density at radius 1 is 1.12 bits per heavy atom. The van der Waals surface area contributed by atoms with E-state index in [0.29, 0.717) is 0 Å². The van der Waals surface area contributed by atoms with E-state index in [0.717, 1.165) is 4.47 Å². The van der Waals surface area contributed by atoms with E-state index in [-0.39, 0.29) is 0 Å². The van der Waals surface area contributed by atoms with Crippen molar-refractivity contribution < 1.29 is 0 Å². The summed E-state index contributed by atoms with van der Waals surface area (Å²) in [6, 6.07) is 8.43. The van der Waals surface area contributed by atoms with Crippen molar-refractivity contribution in [2.45, 2.75) is 32.1 Å². The first-order chi connectivity index (χ1) is 8.33. The zero-order valence-electron chi connectivity index (χ0n) is 9.58. The third-order valence-corrected chi connectivity index (χ3v) is 4.87. The van der Waals surface area contributed by atoms with E-state index >= 15 is 0 Å². The van der Waals surface area contributed by atoms with Gasteiger partial charge in [0, 0.05) is 14.9 Å². The second-order valence-electron chi connectivity index (χ2n) is 4.46. The smallest absolute Gasteiger partial charge is 0.123 e. The molecule has 0 aliphatic heterocycles. The van der Waals surface area contributed by atoms with Crippen LogP contribution in [0.4, 0.5) is 0 Å². The SMILES string of the molecule is Brc1cccc(-c2nc3c(s2)CCCCC3)c1. The summed E-state index contributed by atoms with van der Waals surface area (Å²) in [6.45, 7) is 0. The summed E-state index contributed by atoms with van der Waals surface area (Å²) in [6.07, 6.45) is 6.37. The molecule has 0 saturated heterocycles. The molecular formula is C14H14BrNS. The van der Waals surface area contributed by atoms with Gasteiger partial charge in [-0.05, 0) is 37.8 Å². The third kappa shape index (κ3) is 2.45. The Balaban J connectivity index is 1.99. The molecule has 0 amide bonds. The topological polar surface area (TPSA) is 12.9 Å². The van der Waals surface area contributed by atoms with E-state index < -0.39 is 0 Å². The number of thiazole rings is 1. The van der Waals surface area contributed by atoms with Crippen LogP contribution in [0.1, 0.15) is 29.8 Å². The van der Waals surface area contributed by atoms with Crippen LogP contribution in [-0.4, -0.2) is 4.98 Å². The molecule has 1 heterocycles. The van der Waals surface area contributed by atoms with Crippen LogP contribution in [0.5, 0.6) is 0 Å². The number of aromatic nitrogens is 1. The summed E-state index contributed by atoms with van der Waals surface area (Å²) in [7, 11) is 0. The first-order valence-electron chi connectivity index (χ1n) is 6.07. The van der Waals surface area contributed by atoms with Gasteiger partial charge in [-0.1, -0.05) is 34.5 Å². The fourth-order valence-electron chi connectivity index (χ4n) is 2.27. The Bertz CT molecular complexity index is 509. The molecule has 1 aromatic carbocycles. The van der Waals surface area contributed by atoms with E-state index in [9.17, 15) is 0 Å². The largest absolute Gasteiger partial charge is 0.241 e. The average molecular weight is 308 g/mol. The maximum atomic E-state index is 4.82. The normalized spacial score (nSPS) is 15.4. The van der Waals surface area contributed by atoms with Crippen molar-refractivity contribution in [1.29, 1.82) is 0 Å². The number of aryl methyl sites for hydroxylation is 2. The maximum absolute atomic E-state index is 4.82. The molecule has 0 fully saturated rings. The minimum atomic E-state index is 1.13. The first kappa shape index (κ1) is 11.4. The third-order valence-electron chi connectivity index (χ3n) is 3.17. The van der Waals surface area contributed by atoms with Crippen LogP contribution >= 0.6 is 27.3 Å². The molecule has 0 atom stereocenters. The van der Waals surface area contributed by atoms with Crippen molar-refractivity contribution in [3.8, 4) is 10.6 Å². The van der Waals surface area contributed by atoms with Gasteiger partial charge in [0.2, 0.25) is 0 Å². The Labute approximate surface area is 114 Å². The average Bonchev–Trinajstić information content (AvgIpc) is 2.61. The molecule has 0 bridgehead atoms. The summed E-state index contributed by atoms with van der Waals surface area (Å²) in [5.74, 6) is 0. The van der Waals surface area contributed by atoms with Crippen LogP contribution in [0.2, 0.25) is 0 Å². The van der Waals surface area contributed by atoms with Crippen molar-refractivity contribution in [3.63, 3.8) is 0 Å². The van der Waals surface area contributed by atoms with Gasteiger partial charge in [0.1, 0.15) is 5.01 Å². The van der Waals surface area contributed by atoms with Crippen molar-refractivity contribution >= 4 is 27.3 Å². The van der Waals surface area contributed by atoms with Gasteiger partial charge in [-0.15, -0.1) is 11.3 Å². The molecule has 17 heavy (non-hydrogen) atoms. The number of halogens is 1. The van der Waals surface area contributed by atoms with E-state index in [1.807, 2.05) is 11.3 Å². The van der Waals surface area contributed by atoms with Crippen molar-refractivity contribution in [3.05, 3.63) is 39.3 Å². The van der Waals surface area contributed by atoms with Crippen molar-refractivity contribution in [2.24, 2.45) is 0 Å². The van der Waals surface area contributed by atoms with Crippen LogP contribution in [0.15, 0.2) is 28.7 Å². The van der Waals surface area contributed by atoms with E-state index in [1.54, 1.807) is 0 Å². The van der Waals surface area contributed by atoms with Crippen LogP contribution in [0.3, 0.4) is 0 Å². The molecule has 1 aliphatic rings. The fraction of sp³-hybridized carbons (Fsp3) is 0.357. The standard InChI is InChI=1S/C14H14BrNS/c15-11-6-4-5-10(9-11)14-16-12-7-2-1-3-8-13(12)17-14/h4-6,9H,1-3,7-8H2. The lowest BCUT2D eigenvalue weighted by Gasteiger charge is -1.97. The van der Waals surface area contributed by atoms with Crippen molar-refractivity contribution in [1.82, 2.24) is 4.98 Å². The summed E-state index contributed by atoms with van der Waals surface area (Å²) in [5, 5.41) is 1.18. The maximum Gasteiger partial charge on any atom is 0.123 e. The zero-order valence-corrected chi connectivity index (χ0v) is 12.0. The highest BCUT2D eigenvalue weighted by atomic mass is 79.9. The van der Waals surface area contributed by atoms with Crippen LogP contribution in [0, 0.1) is 0 Å². The first-order valence-corrected chi connectivity index (χ1v) is 7.68. The van der Waals surface area contributed by atoms with Crippen LogP contribution < -0.4 is 0 Å². The molecule has 1 aromatic heterocycles. The Hall–Kier alpha value is -0.670. The molecule has 0 unspecified atom stereocenters. The quantitative estimate of drug-likeness (QED) is 0.687. The van der Waals surface area contributed by atoms with Gasteiger partial charge in [-0.3, -0.25) is 0 Å². The molecule has 0 spiro atoms. The van der Waals surface area contributed by atoms with Gasteiger partial charge in [0.05, 0.1) is 5.69 Å². The molecule has 0 N–H and O–H groups in total. The van der Waals surface area contributed by atoms with Crippen LogP contribution in [-0.2, 0) is 12.8 Å². The number of benzene rings is 1. The fourth-order valence-corrected chi connectivity index (χ4v) is 3.82. The Morgan fingerprint density at radius 3 is 2.88 bits per heavy atom. The highest BCUT2D eigenvalue weighted by molar-refractivity contribution is 9.10. The monoisotopic (exact) mass is 307 g/mol. The van der Waals surface area contributed by atoms with Gasteiger partial charge >= 0.3 is 0 Å². The highest BCUT2D eigenvalue weighted by Crippen LogP contribution is 2.32. The van der Waals surface area contributed by atoms with Gasteiger partial charge in [-0.2, -0.15) is 0 Å². The second-order valence-corrected chi connectivity index (χ2v) is 6.46. The second kappa shape index (κ2) is 4.91. The molecule has 0 radical (unpaired) electrons. The van der Waals surface area contributed by atoms with Gasteiger partial charge in [0.15, 0.2) is 0 Å². The lowest BCUT2D eigenvalue weighted by Crippen LogP contribution is -1.86. The summed E-state index contributed by atoms with van der Waals surface area (Å²) in [5.41, 5.74) is 2.58. The molecule has 0 saturated carbocycles. The van der Waals surface area contributed by atoms with Gasteiger partial charge < -0.3 is 0 Å². The zero-order chi connectivity index (χ0) is 11.7. The number of hydrogen-bond acceptors (Lipinski definition) is 2. The van der Waals surface area contributed by atoms with Gasteiger partial charge in [-0.25, -0.2) is 4.98 Å². The number of nitrogens with zero attached hydrogens (tertiary/aromatic N) is 1. The van der Waals surface area contributed by atoms with E-state index in [2.05, 4.69) is 40.2 Å². The molecule has 3 heteroatoms. The summed E-state index contributed by atoms with van der Waals surface area (Å²) < 4.78 is 1.13. The van der Waals surface area contributed by atoms with E-state index in [1.165, 1.54) is 53.2 Å². The number of hydrogen-bond donors (Lipinski definition) is 0. The predicted molar refractivity (Wildman–Crippen MR) is 76.5 cm³/mol.